The number of benzene rings is 2. The highest BCUT2D eigenvalue weighted by Gasteiger charge is 2.12. The van der Waals surface area contributed by atoms with Gasteiger partial charge in [-0.25, -0.2) is 4.68 Å². The maximum Gasteiger partial charge on any atom is 0.247 e. The minimum atomic E-state index is -0.262. The number of nitrogens with one attached hydrogen (secondary N) is 2. The van der Waals surface area contributed by atoms with E-state index in [1.165, 1.54) is 27.4 Å². The van der Waals surface area contributed by atoms with Gasteiger partial charge in [0.2, 0.25) is 22.1 Å². The molecule has 2 N–H and O–H groups in total. The first-order valence-electron chi connectivity index (χ1n) is 12.9. The van der Waals surface area contributed by atoms with E-state index in [-0.39, 0.29) is 18.4 Å². The number of unbranched alkanes of at least 4 members (excludes halogenated alkanes) is 1. The molecule has 0 unspecified atom stereocenters. The molecular formula is C27H27N9O3S2. The lowest BCUT2D eigenvalue weighted by Crippen LogP contribution is -2.19. The van der Waals surface area contributed by atoms with E-state index in [4.69, 9.17) is 4.74 Å². The normalized spacial score (nSPS) is 10.9. The fourth-order valence-electron chi connectivity index (χ4n) is 3.88. The Kier molecular flexibility index (Phi) is 9.34. The number of aromatic nitrogens is 7. The summed E-state index contributed by atoms with van der Waals surface area (Å²) in [6, 6.07) is 17.0. The average Bonchev–Trinajstić information content (AvgIpc) is 3.74. The molecule has 2 amide bonds. The van der Waals surface area contributed by atoms with E-state index < -0.39 is 0 Å². The van der Waals surface area contributed by atoms with Crippen LogP contribution in [0, 0.1) is 0 Å². The van der Waals surface area contributed by atoms with Crippen LogP contribution in [0.2, 0.25) is 0 Å². The Hall–Kier alpha value is -4.56. The zero-order valence-corrected chi connectivity index (χ0v) is 23.8. The van der Waals surface area contributed by atoms with E-state index in [1.807, 2.05) is 54.6 Å². The van der Waals surface area contributed by atoms with E-state index in [2.05, 4.69) is 41.3 Å². The molecule has 12 nitrogen and oxygen atoms in total. The first kappa shape index (κ1) is 28.0. The average molecular weight is 590 g/mol. The molecule has 0 aliphatic heterocycles. The molecule has 210 valence electrons. The van der Waals surface area contributed by atoms with Gasteiger partial charge in [0.05, 0.1) is 19.7 Å². The second-order valence-corrected chi connectivity index (χ2v) is 11.1. The number of ether oxygens (including phenoxy) is 1. The molecular weight excluding hydrogens is 562 g/mol. The van der Waals surface area contributed by atoms with Crippen LogP contribution in [0.3, 0.4) is 0 Å². The number of aryl methyl sites for hydroxylation is 2. The highest BCUT2D eigenvalue weighted by Crippen LogP contribution is 2.22. The molecule has 3 heterocycles. The van der Waals surface area contributed by atoms with Gasteiger partial charge in [-0.1, -0.05) is 58.2 Å². The summed E-state index contributed by atoms with van der Waals surface area (Å²) in [7, 11) is 1.61. The predicted octanol–water partition coefficient (Wildman–Crippen LogP) is 4.04. The van der Waals surface area contributed by atoms with Crippen molar-refractivity contribution in [3.05, 3.63) is 76.4 Å². The molecule has 0 spiro atoms. The highest BCUT2D eigenvalue weighted by molar-refractivity contribution is 7.15. The number of hydrogen-bond acceptors (Lipinski definition) is 11. The van der Waals surface area contributed by atoms with Crippen molar-refractivity contribution in [1.29, 1.82) is 0 Å². The Balaban J connectivity index is 1.01. The second-order valence-electron chi connectivity index (χ2n) is 9.00. The van der Waals surface area contributed by atoms with Crippen LogP contribution < -0.4 is 15.4 Å². The van der Waals surface area contributed by atoms with E-state index in [0.29, 0.717) is 22.4 Å². The number of anilines is 2. The Morgan fingerprint density at radius 1 is 0.805 bits per heavy atom. The first-order chi connectivity index (χ1) is 20.0. The van der Waals surface area contributed by atoms with Crippen molar-refractivity contribution >= 4 is 44.8 Å². The molecule has 3 aromatic heterocycles. The Labute approximate surface area is 243 Å². The maximum absolute atomic E-state index is 12.5. The largest absolute Gasteiger partial charge is 0.497 e. The third-order valence-corrected chi connectivity index (χ3v) is 7.69. The number of hydrogen-bond donors (Lipinski definition) is 2. The van der Waals surface area contributed by atoms with Gasteiger partial charge in [-0.3, -0.25) is 14.9 Å². The molecule has 0 fully saturated rings. The lowest BCUT2D eigenvalue weighted by atomic mass is 10.1. The molecule has 41 heavy (non-hydrogen) atoms. The third-order valence-electron chi connectivity index (χ3n) is 5.90. The fraction of sp³-hybridized carbons (Fsp3) is 0.259. The van der Waals surface area contributed by atoms with E-state index in [0.717, 1.165) is 52.6 Å². The Morgan fingerprint density at radius 2 is 1.44 bits per heavy atom. The Bertz CT molecular complexity index is 1580. The Morgan fingerprint density at radius 3 is 2.07 bits per heavy atom. The summed E-state index contributed by atoms with van der Waals surface area (Å²) in [5, 5.41) is 33.0. The number of amides is 2. The number of methoxy groups -OCH3 is 1. The monoisotopic (exact) mass is 589 g/mol. The first-order valence-corrected chi connectivity index (χ1v) is 14.5. The highest BCUT2D eigenvalue weighted by atomic mass is 32.1. The molecule has 5 rings (SSSR count). The van der Waals surface area contributed by atoms with Gasteiger partial charge in [-0.15, -0.1) is 25.5 Å². The van der Waals surface area contributed by atoms with Gasteiger partial charge >= 0.3 is 0 Å². The quantitative estimate of drug-likeness (QED) is 0.194. The number of nitrogens with zero attached hydrogens (tertiary/aromatic N) is 7. The van der Waals surface area contributed by atoms with Crippen LogP contribution in [0.25, 0.3) is 11.3 Å². The lowest BCUT2D eigenvalue weighted by Gasteiger charge is -2.01. The van der Waals surface area contributed by atoms with Gasteiger partial charge in [0.25, 0.3) is 0 Å². The lowest BCUT2D eigenvalue weighted by molar-refractivity contribution is -0.117. The molecule has 0 saturated carbocycles. The summed E-state index contributed by atoms with van der Waals surface area (Å²) in [5.41, 5.74) is 2.49. The van der Waals surface area contributed by atoms with Crippen molar-refractivity contribution in [3.63, 3.8) is 0 Å². The van der Waals surface area contributed by atoms with Crippen LogP contribution in [0.15, 0.2) is 60.8 Å². The van der Waals surface area contributed by atoms with Crippen LogP contribution in [0.5, 0.6) is 5.75 Å². The minimum absolute atomic E-state index is 0.00855. The van der Waals surface area contributed by atoms with Crippen LogP contribution in [-0.2, 0) is 35.4 Å². The molecule has 0 radical (unpaired) electrons. The van der Waals surface area contributed by atoms with E-state index in [9.17, 15) is 9.59 Å². The van der Waals surface area contributed by atoms with Crippen molar-refractivity contribution in [2.24, 2.45) is 0 Å². The third kappa shape index (κ3) is 8.22. The molecule has 0 saturated heterocycles. The fourth-order valence-corrected chi connectivity index (χ4v) is 5.48. The minimum Gasteiger partial charge on any atom is -0.497 e. The number of carbonyl (C=O) groups is 2. The number of carbonyl (C=O) groups excluding carboxylic acids is 2. The zero-order valence-electron chi connectivity index (χ0n) is 22.2. The van der Waals surface area contributed by atoms with Crippen LogP contribution in [0.4, 0.5) is 10.3 Å². The standard InChI is InChI=1S/C27H27N9O3S2/c1-39-20-13-11-19(12-14-20)21-16-36(35-30-21)17-23(38)29-27-34-32-25(41-27)10-6-5-9-24-31-33-26(40-24)28-22(37)15-18-7-3-2-4-8-18/h2-4,7-8,11-14,16H,5-6,9-10,15,17H2,1H3,(H,28,33,37)(H,29,34,38). The molecule has 5 aromatic rings. The SMILES string of the molecule is COc1ccc(-c2cn(CC(=O)Nc3nnc(CCCCc4nnc(NC(=O)Cc5ccccc5)s4)s3)nn2)cc1. The molecule has 0 atom stereocenters. The summed E-state index contributed by atoms with van der Waals surface area (Å²) < 4.78 is 6.65. The van der Waals surface area contributed by atoms with Gasteiger partial charge in [0.1, 0.15) is 28.0 Å². The van der Waals surface area contributed by atoms with Crippen molar-refractivity contribution in [1.82, 2.24) is 35.4 Å². The summed E-state index contributed by atoms with van der Waals surface area (Å²) in [5.74, 6) is 0.379. The topological polar surface area (TPSA) is 150 Å². The summed E-state index contributed by atoms with van der Waals surface area (Å²) in [6.45, 7) is 0.00855. The van der Waals surface area contributed by atoms with Crippen molar-refractivity contribution in [2.45, 2.75) is 38.6 Å². The van der Waals surface area contributed by atoms with Crippen molar-refractivity contribution in [3.8, 4) is 17.0 Å². The van der Waals surface area contributed by atoms with Gasteiger partial charge in [0, 0.05) is 18.4 Å². The summed E-state index contributed by atoms with van der Waals surface area (Å²) >= 11 is 2.74. The van der Waals surface area contributed by atoms with Gasteiger partial charge in [0.15, 0.2) is 0 Å². The second kappa shape index (κ2) is 13.7. The van der Waals surface area contributed by atoms with Crippen molar-refractivity contribution < 1.29 is 14.3 Å². The molecule has 0 aliphatic rings. The molecule has 0 bridgehead atoms. The van der Waals surface area contributed by atoms with Crippen LogP contribution >= 0.6 is 22.7 Å². The van der Waals surface area contributed by atoms with E-state index >= 15 is 0 Å². The predicted molar refractivity (Wildman–Crippen MR) is 156 cm³/mol. The summed E-state index contributed by atoms with van der Waals surface area (Å²) in [4.78, 5) is 24.7. The smallest absolute Gasteiger partial charge is 0.247 e. The van der Waals surface area contributed by atoms with Gasteiger partial charge in [-0.2, -0.15) is 0 Å². The zero-order chi connectivity index (χ0) is 28.4. The van der Waals surface area contributed by atoms with E-state index in [1.54, 1.807) is 13.3 Å². The summed E-state index contributed by atoms with van der Waals surface area (Å²) in [6.07, 6.45) is 5.27. The van der Waals surface area contributed by atoms with Gasteiger partial charge < -0.3 is 10.1 Å². The maximum atomic E-state index is 12.5. The number of rotatable bonds is 13. The van der Waals surface area contributed by atoms with Crippen molar-refractivity contribution in [2.75, 3.05) is 17.7 Å². The van der Waals surface area contributed by atoms with Crippen LogP contribution in [0.1, 0.15) is 28.4 Å². The molecule has 2 aromatic carbocycles. The van der Waals surface area contributed by atoms with Crippen LogP contribution in [-0.4, -0.2) is 54.3 Å². The molecule has 0 aliphatic carbocycles. The molecule has 14 heteroatoms. The van der Waals surface area contributed by atoms with Gasteiger partial charge in [-0.05, 0) is 42.7 Å².